The van der Waals surface area contributed by atoms with Crippen LogP contribution in [0.15, 0.2) is 23.2 Å². The number of hydrogen-bond acceptors (Lipinski definition) is 6. The molecule has 0 saturated heterocycles. The molecule has 0 aliphatic rings. The summed E-state index contributed by atoms with van der Waals surface area (Å²) in [5, 5.41) is 0. The number of benzene rings is 1. The third-order valence-electron chi connectivity index (χ3n) is 2.62. The van der Waals surface area contributed by atoms with E-state index < -0.39 is 11.9 Å². The highest BCUT2D eigenvalue weighted by Gasteiger charge is 2.17. The Morgan fingerprint density at radius 2 is 1.85 bits per heavy atom. The summed E-state index contributed by atoms with van der Waals surface area (Å²) >= 11 is 0. The molecular formula is C14H17NO5. The van der Waals surface area contributed by atoms with Crippen LogP contribution in [0, 0.1) is 6.92 Å². The van der Waals surface area contributed by atoms with Crippen LogP contribution in [-0.4, -0.2) is 39.0 Å². The standard InChI is InChI=1S/C14H17NO5/c1-9-5-6-10(7-12(9)18-2)15-11(14(17)20-4)8-13(16)19-3/h5-7H,8H2,1-4H3. The van der Waals surface area contributed by atoms with Gasteiger partial charge in [-0.1, -0.05) is 6.07 Å². The van der Waals surface area contributed by atoms with Crippen LogP contribution >= 0.6 is 0 Å². The molecule has 0 amide bonds. The van der Waals surface area contributed by atoms with Gasteiger partial charge in [0.25, 0.3) is 0 Å². The number of carbonyl (C=O) groups excluding carboxylic acids is 2. The van der Waals surface area contributed by atoms with Crippen molar-refractivity contribution in [3.05, 3.63) is 23.8 Å². The lowest BCUT2D eigenvalue weighted by atomic mass is 10.2. The predicted octanol–water partition coefficient (Wildman–Crippen LogP) is 1.81. The molecule has 0 aliphatic heterocycles. The topological polar surface area (TPSA) is 74.2 Å². The minimum absolute atomic E-state index is 0.0229. The molecule has 0 aromatic heterocycles. The third kappa shape index (κ3) is 4.08. The zero-order valence-electron chi connectivity index (χ0n) is 11.9. The molecule has 6 heteroatoms. The van der Waals surface area contributed by atoms with Gasteiger partial charge in [-0.3, -0.25) is 4.79 Å². The number of ether oxygens (including phenoxy) is 3. The van der Waals surface area contributed by atoms with E-state index in [9.17, 15) is 9.59 Å². The molecule has 0 fully saturated rings. The molecule has 1 aromatic carbocycles. The zero-order chi connectivity index (χ0) is 15.1. The van der Waals surface area contributed by atoms with Gasteiger partial charge in [-0.15, -0.1) is 0 Å². The second kappa shape index (κ2) is 7.28. The summed E-state index contributed by atoms with van der Waals surface area (Å²) < 4.78 is 14.3. The highest BCUT2D eigenvalue weighted by molar-refractivity contribution is 6.39. The Labute approximate surface area is 117 Å². The third-order valence-corrected chi connectivity index (χ3v) is 2.62. The van der Waals surface area contributed by atoms with Crippen molar-refractivity contribution in [3.8, 4) is 5.75 Å². The van der Waals surface area contributed by atoms with Gasteiger partial charge in [0, 0.05) is 6.07 Å². The van der Waals surface area contributed by atoms with Gasteiger partial charge in [-0.25, -0.2) is 9.79 Å². The highest BCUT2D eigenvalue weighted by atomic mass is 16.5. The first-order valence-electron chi connectivity index (χ1n) is 5.89. The van der Waals surface area contributed by atoms with Gasteiger partial charge in [-0.2, -0.15) is 0 Å². The van der Waals surface area contributed by atoms with Crippen molar-refractivity contribution in [1.29, 1.82) is 0 Å². The molecule has 108 valence electrons. The van der Waals surface area contributed by atoms with E-state index >= 15 is 0 Å². The molecule has 0 N–H and O–H groups in total. The average molecular weight is 279 g/mol. The fourth-order valence-electron chi connectivity index (χ4n) is 1.52. The Hall–Kier alpha value is -2.37. The largest absolute Gasteiger partial charge is 0.496 e. The van der Waals surface area contributed by atoms with E-state index in [2.05, 4.69) is 14.5 Å². The molecule has 1 rings (SSSR count). The second-order valence-corrected chi connectivity index (χ2v) is 3.96. The number of hydrogen-bond donors (Lipinski definition) is 0. The first-order valence-corrected chi connectivity index (χ1v) is 5.89. The Kier molecular flexibility index (Phi) is 5.71. The maximum atomic E-state index is 11.6. The molecule has 20 heavy (non-hydrogen) atoms. The molecule has 0 radical (unpaired) electrons. The van der Waals surface area contributed by atoms with Gasteiger partial charge >= 0.3 is 11.9 Å². The fraction of sp³-hybridized carbons (Fsp3) is 0.357. The van der Waals surface area contributed by atoms with Crippen molar-refractivity contribution in [3.63, 3.8) is 0 Å². The van der Waals surface area contributed by atoms with Crippen molar-refractivity contribution in [2.75, 3.05) is 21.3 Å². The zero-order valence-corrected chi connectivity index (χ0v) is 11.9. The lowest BCUT2D eigenvalue weighted by Crippen LogP contribution is -2.20. The van der Waals surface area contributed by atoms with Crippen LogP contribution in [0.1, 0.15) is 12.0 Å². The van der Waals surface area contributed by atoms with Crippen LogP contribution in [0.5, 0.6) is 5.75 Å². The lowest BCUT2D eigenvalue weighted by molar-refractivity contribution is -0.140. The smallest absolute Gasteiger partial charge is 0.353 e. The molecular weight excluding hydrogens is 262 g/mol. The first kappa shape index (κ1) is 15.7. The van der Waals surface area contributed by atoms with E-state index in [0.29, 0.717) is 11.4 Å². The van der Waals surface area contributed by atoms with Gasteiger partial charge < -0.3 is 14.2 Å². The number of methoxy groups -OCH3 is 3. The van der Waals surface area contributed by atoms with Crippen LogP contribution in [0.25, 0.3) is 0 Å². The molecule has 0 saturated carbocycles. The van der Waals surface area contributed by atoms with E-state index in [0.717, 1.165) is 5.56 Å². The van der Waals surface area contributed by atoms with Crippen molar-refractivity contribution < 1.29 is 23.8 Å². The van der Waals surface area contributed by atoms with Gasteiger partial charge in [-0.05, 0) is 18.6 Å². The summed E-state index contributed by atoms with van der Waals surface area (Å²) in [6.45, 7) is 1.89. The summed E-state index contributed by atoms with van der Waals surface area (Å²) in [5.74, 6) is -0.586. The molecule has 0 atom stereocenters. The minimum atomic E-state index is -0.671. The number of rotatable bonds is 5. The summed E-state index contributed by atoms with van der Waals surface area (Å²) in [4.78, 5) is 27.0. The normalized spacial score (nSPS) is 10.9. The van der Waals surface area contributed by atoms with Gasteiger partial charge in [0.15, 0.2) is 0 Å². The van der Waals surface area contributed by atoms with Crippen LogP contribution in [0.2, 0.25) is 0 Å². The Balaban J connectivity index is 3.12. The minimum Gasteiger partial charge on any atom is -0.496 e. The second-order valence-electron chi connectivity index (χ2n) is 3.96. The summed E-state index contributed by atoms with van der Waals surface area (Å²) in [5.41, 5.74) is 1.42. The maximum Gasteiger partial charge on any atom is 0.353 e. The Morgan fingerprint density at radius 3 is 2.40 bits per heavy atom. The molecule has 1 aromatic rings. The molecule has 6 nitrogen and oxygen atoms in total. The molecule has 0 heterocycles. The van der Waals surface area contributed by atoms with Crippen LogP contribution in [-0.2, 0) is 19.1 Å². The van der Waals surface area contributed by atoms with Gasteiger partial charge in [0.2, 0.25) is 0 Å². The number of aliphatic imine (C=N–C) groups is 1. The predicted molar refractivity (Wildman–Crippen MR) is 73.5 cm³/mol. The molecule has 0 bridgehead atoms. The monoisotopic (exact) mass is 279 g/mol. The Morgan fingerprint density at radius 1 is 1.15 bits per heavy atom. The first-order chi connectivity index (χ1) is 9.51. The highest BCUT2D eigenvalue weighted by Crippen LogP contribution is 2.24. The van der Waals surface area contributed by atoms with Gasteiger partial charge in [0.05, 0.1) is 33.4 Å². The molecule has 0 aliphatic carbocycles. The van der Waals surface area contributed by atoms with Gasteiger partial charge in [0.1, 0.15) is 11.5 Å². The van der Waals surface area contributed by atoms with E-state index in [1.54, 1.807) is 19.2 Å². The average Bonchev–Trinajstić information content (AvgIpc) is 2.47. The van der Waals surface area contributed by atoms with Crippen molar-refractivity contribution in [2.24, 2.45) is 4.99 Å². The van der Waals surface area contributed by atoms with Crippen molar-refractivity contribution in [1.82, 2.24) is 0 Å². The summed E-state index contributed by atoms with van der Waals surface area (Å²) in [6.07, 6.45) is -0.251. The number of carbonyl (C=O) groups is 2. The van der Waals surface area contributed by atoms with E-state index in [-0.39, 0.29) is 12.1 Å². The number of nitrogens with zero attached hydrogens (tertiary/aromatic N) is 1. The summed E-state index contributed by atoms with van der Waals surface area (Å²) in [6, 6.07) is 5.21. The van der Waals surface area contributed by atoms with E-state index in [1.807, 2.05) is 13.0 Å². The van der Waals surface area contributed by atoms with Crippen LogP contribution < -0.4 is 4.74 Å². The number of esters is 2. The van der Waals surface area contributed by atoms with Crippen LogP contribution in [0.4, 0.5) is 5.69 Å². The fourth-order valence-corrected chi connectivity index (χ4v) is 1.52. The quantitative estimate of drug-likeness (QED) is 0.607. The van der Waals surface area contributed by atoms with E-state index in [1.165, 1.54) is 14.2 Å². The summed E-state index contributed by atoms with van der Waals surface area (Å²) in [7, 11) is 4.02. The SMILES string of the molecule is COC(=O)CC(=Nc1ccc(C)c(OC)c1)C(=O)OC. The van der Waals surface area contributed by atoms with Crippen LogP contribution in [0.3, 0.4) is 0 Å². The molecule has 0 unspecified atom stereocenters. The Bertz CT molecular complexity index is 536. The van der Waals surface area contributed by atoms with E-state index in [4.69, 9.17) is 4.74 Å². The number of aryl methyl sites for hydroxylation is 1. The van der Waals surface area contributed by atoms with Crippen molar-refractivity contribution >= 4 is 23.3 Å². The lowest BCUT2D eigenvalue weighted by Gasteiger charge is -2.07. The molecule has 0 spiro atoms. The van der Waals surface area contributed by atoms with Crippen molar-refractivity contribution in [2.45, 2.75) is 13.3 Å². The maximum absolute atomic E-state index is 11.6.